The number of aliphatic hydroxyl groups is 1. The van der Waals surface area contributed by atoms with Gasteiger partial charge in [0.25, 0.3) is 0 Å². The summed E-state index contributed by atoms with van der Waals surface area (Å²) in [5.74, 6) is 2.03. The molecule has 0 radical (unpaired) electrons. The van der Waals surface area contributed by atoms with Gasteiger partial charge in [0.2, 0.25) is 6.23 Å². The summed E-state index contributed by atoms with van der Waals surface area (Å²) in [4.78, 5) is 34.0. The van der Waals surface area contributed by atoms with Crippen molar-refractivity contribution in [2.75, 3.05) is 16.8 Å². The number of ether oxygens (including phenoxy) is 2. The average Bonchev–Trinajstić information content (AvgIpc) is 3.62. The number of aromatic nitrogens is 2. The number of rotatable bonds is 14. The van der Waals surface area contributed by atoms with E-state index in [0.29, 0.717) is 34.1 Å². The maximum Gasteiger partial charge on any atom is 0.307 e. The van der Waals surface area contributed by atoms with Crippen LogP contribution in [0.1, 0.15) is 94.9 Å². The number of hydrogen-bond acceptors (Lipinski definition) is 14. The van der Waals surface area contributed by atoms with Crippen LogP contribution in [0, 0.1) is 0 Å². The minimum absolute atomic E-state index is 0.287. The molecule has 0 spiro atoms. The summed E-state index contributed by atoms with van der Waals surface area (Å²) in [7, 11) is 7.73. The Bertz CT molecular complexity index is 949. The molecule has 4 rings (SSSR count). The van der Waals surface area contributed by atoms with E-state index in [1.807, 2.05) is 43.2 Å². The summed E-state index contributed by atoms with van der Waals surface area (Å²) in [5.41, 5.74) is 6.74. The van der Waals surface area contributed by atoms with Crippen LogP contribution in [0.4, 0.5) is 5.82 Å². The van der Waals surface area contributed by atoms with Gasteiger partial charge in [0.05, 0.1) is 12.3 Å². The first-order valence-corrected chi connectivity index (χ1v) is 18.4. The minimum atomic E-state index is -0.988. The van der Waals surface area contributed by atoms with E-state index in [0.717, 1.165) is 38.5 Å². The van der Waals surface area contributed by atoms with Gasteiger partial charge in [0.1, 0.15) is 17.7 Å². The molecule has 0 aliphatic carbocycles. The number of hydrogen-bond donors (Lipinski definition) is 4. The third-order valence-electron chi connectivity index (χ3n) is 6.70. The van der Waals surface area contributed by atoms with Crippen molar-refractivity contribution in [1.82, 2.24) is 15.3 Å². The van der Waals surface area contributed by atoms with Gasteiger partial charge in [-0.1, -0.05) is 56.0 Å². The Labute approximate surface area is 246 Å². The standard InChI is InChI=1S/C25H39N5O5S4/c1-15(31)22(34-19(32)8-4-2-6-16-10-12-36-38-16)18-14-27-21-23(28-18)29-25(26)30-24(21)35-20(33)9-5-3-7-17-11-13-37-39-17/h14-17,22,24-25,30-31H,2-13,26H2,1H3,(H,28,29). The number of fused-ring (bicyclic) bond motifs is 1. The fourth-order valence-electron chi connectivity index (χ4n) is 4.58. The maximum absolute atomic E-state index is 12.5. The lowest BCUT2D eigenvalue weighted by atomic mass is 10.1. The second-order valence-electron chi connectivity index (χ2n) is 9.99. The lowest BCUT2D eigenvalue weighted by Crippen LogP contribution is -2.51. The van der Waals surface area contributed by atoms with Crippen molar-refractivity contribution < 1.29 is 24.2 Å². The molecule has 5 N–H and O–H groups in total. The highest BCUT2D eigenvalue weighted by atomic mass is 33.1. The molecule has 6 atom stereocenters. The van der Waals surface area contributed by atoms with Gasteiger partial charge in [-0.25, -0.2) is 15.3 Å². The fourth-order valence-corrected chi connectivity index (χ4v) is 10.6. The van der Waals surface area contributed by atoms with Gasteiger partial charge in [0.15, 0.2) is 11.9 Å². The van der Waals surface area contributed by atoms with Crippen LogP contribution in [0.25, 0.3) is 0 Å². The molecule has 39 heavy (non-hydrogen) atoms. The van der Waals surface area contributed by atoms with E-state index in [1.54, 1.807) is 6.92 Å². The molecule has 2 saturated heterocycles. The number of anilines is 1. The molecule has 218 valence electrons. The molecule has 2 fully saturated rings. The monoisotopic (exact) mass is 617 g/mol. The van der Waals surface area contributed by atoms with Crippen molar-refractivity contribution in [3.63, 3.8) is 0 Å². The van der Waals surface area contributed by atoms with Crippen LogP contribution in [0.3, 0.4) is 0 Å². The molecule has 0 aromatic carbocycles. The van der Waals surface area contributed by atoms with Crippen molar-refractivity contribution >= 4 is 60.9 Å². The summed E-state index contributed by atoms with van der Waals surface area (Å²) < 4.78 is 11.3. The van der Waals surface area contributed by atoms with Crippen LogP contribution in [0.15, 0.2) is 6.20 Å². The van der Waals surface area contributed by atoms with E-state index >= 15 is 0 Å². The number of carbonyl (C=O) groups is 2. The van der Waals surface area contributed by atoms with Crippen LogP contribution in [-0.2, 0) is 19.1 Å². The van der Waals surface area contributed by atoms with Gasteiger partial charge in [-0.15, -0.1) is 0 Å². The number of nitrogens with zero attached hydrogens (tertiary/aromatic N) is 2. The predicted molar refractivity (Wildman–Crippen MR) is 160 cm³/mol. The fraction of sp³-hybridized carbons (Fsp3) is 0.760. The quantitative estimate of drug-likeness (QED) is 0.130. The van der Waals surface area contributed by atoms with Crippen molar-refractivity contribution in [3.8, 4) is 0 Å². The second kappa shape index (κ2) is 15.9. The molecule has 3 aliphatic rings. The lowest BCUT2D eigenvalue weighted by Gasteiger charge is -2.31. The molecule has 10 nitrogen and oxygen atoms in total. The zero-order valence-electron chi connectivity index (χ0n) is 22.2. The van der Waals surface area contributed by atoms with Crippen LogP contribution < -0.4 is 16.4 Å². The molecule has 0 saturated carbocycles. The molecule has 4 heterocycles. The Morgan fingerprint density at radius 2 is 1.72 bits per heavy atom. The first-order chi connectivity index (χ1) is 18.9. The Kier molecular flexibility index (Phi) is 12.7. The van der Waals surface area contributed by atoms with Gasteiger partial charge < -0.3 is 19.9 Å². The Morgan fingerprint density at radius 1 is 1.08 bits per heavy atom. The average molecular weight is 618 g/mol. The summed E-state index contributed by atoms with van der Waals surface area (Å²) in [6.07, 6.45) is 6.69. The third-order valence-corrected chi connectivity index (χ3v) is 12.7. The predicted octanol–water partition coefficient (Wildman–Crippen LogP) is 4.67. The topological polar surface area (TPSA) is 149 Å². The van der Waals surface area contributed by atoms with Crippen molar-refractivity contribution in [2.45, 2.75) is 106 Å². The SMILES string of the molecule is CC(O)C(OC(=O)CCCCC1CCSS1)c1cnc2c(n1)NC(N)NC2OC(=O)CCCCC1CCSS1. The normalized spacial score (nSPS) is 25.9. The van der Waals surface area contributed by atoms with Crippen molar-refractivity contribution in [3.05, 3.63) is 17.6 Å². The van der Waals surface area contributed by atoms with E-state index in [9.17, 15) is 14.7 Å². The molecule has 3 aliphatic heterocycles. The minimum Gasteiger partial charge on any atom is -0.453 e. The number of esters is 2. The lowest BCUT2D eigenvalue weighted by molar-refractivity contribution is -0.156. The van der Waals surface area contributed by atoms with Gasteiger partial charge in [-0.3, -0.25) is 15.3 Å². The molecule has 14 heteroatoms. The molecule has 1 aromatic heterocycles. The van der Waals surface area contributed by atoms with E-state index in [2.05, 4.69) is 20.6 Å². The van der Waals surface area contributed by atoms with Gasteiger partial charge >= 0.3 is 11.9 Å². The Balaban J connectivity index is 1.28. The number of nitrogens with one attached hydrogen (secondary N) is 2. The number of unbranched alkanes of at least 4 members (excludes halogenated alkanes) is 2. The second-order valence-corrected chi connectivity index (χ2v) is 15.6. The molecule has 0 amide bonds. The van der Waals surface area contributed by atoms with Crippen LogP contribution in [0.5, 0.6) is 0 Å². The summed E-state index contributed by atoms with van der Waals surface area (Å²) in [6, 6.07) is 0. The maximum atomic E-state index is 12.5. The summed E-state index contributed by atoms with van der Waals surface area (Å²) >= 11 is 0. The van der Waals surface area contributed by atoms with Crippen LogP contribution >= 0.6 is 43.2 Å². The molecule has 1 aromatic rings. The smallest absolute Gasteiger partial charge is 0.307 e. The van der Waals surface area contributed by atoms with Crippen LogP contribution in [-0.4, -0.2) is 61.4 Å². The summed E-state index contributed by atoms with van der Waals surface area (Å²) in [6.45, 7) is 1.55. The number of nitrogens with two attached hydrogens (primary N) is 1. The van der Waals surface area contributed by atoms with E-state index in [4.69, 9.17) is 15.2 Å². The molecule has 6 unspecified atom stereocenters. The molecular formula is C25H39N5O5S4. The van der Waals surface area contributed by atoms with Crippen molar-refractivity contribution in [2.24, 2.45) is 5.73 Å². The highest BCUT2D eigenvalue weighted by Crippen LogP contribution is 2.40. The Morgan fingerprint density at radius 3 is 2.31 bits per heavy atom. The largest absolute Gasteiger partial charge is 0.453 e. The zero-order chi connectivity index (χ0) is 27.6. The summed E-state index contributed by atoms with van der Waals surface area (Å²) in [5, 5.41) is 17.7. The first kappa shape index (κ1) is 31.0. The number of aliphatic hydroxyl groups excluding tert-OH is 1. The third kappa shape index (κ3) is 9.86. The highest BCUT2D eigenvalue weighted by Gasteiger charge is 2.32. The zero-order valence-corrected chi connectivity index (χ0v) is 25.5. The highest BCUT2D eigenvalue weighted by molar-refractivity contribution is 8.77. The van der Waals surface area contributed by atoms with Gasteiger partial charge in [-0.05, 0) is 45.4 Å². The first-order valence-electron chi connectivity index (χ1n) is 13.7. The van der Waals surface area contributed by atoms with E-state index in [-0.39, 0.29) is 18.4 Å². The Hall–Kier alpha value is -0.900. The van der Waals surface area contributed by atoms with Gasteiger partial charge in [-0.2, -0.15) is 0 Å². The van der Waals surface area contributed by atoms with E-state index < -0.39 is 24.7 Å². The van der Waals surface area contributed by atoms with Crippen molar-refractivity contribution in [1.29, 1.82) is 0 Å². The molecular weight excluding hydrogens is 579 g/mol. The van der Waals surface area contributed by atoms with Crippen LogP contribution in [0.2, 0.25) is 0 Å². The molecule has 0 bridgehead atoms. The van der Waals surface area contributed by atoms with Gasteiger partial charge in [0, 0.05) is 34.8 Å². The number of carbonyl (C=O) groups excluding carboxylic acids is 2. The van der Waals surface area contributed by atoms with E-state index in [1.165, 1.54) is 30.5 Å².